The molecule has 5 nitrogen and oxygen atoms in total. The van der Waals surface area contributed by atoms with E-state index in [0.29, 0.717) is 11.2 Å². The van der Waals surface area contributed by atoms with E-state index in [4.69, 9.17) is 0 Å². The highest BCUT2D eigenvalue weighted by atomic mass is 32.2. The summed E-state index contributed by atoms with van der Waals surface area (Å²) < 4.78 is 2.13. The van der Waals surface area contributed by atoms with Gasteiger partial charge in [-0.3, -0.25) is 4.79 Å². The van der Waals surface area contributed by atoms with E-state index in [1.54, 1.807) is 24.0 Å². The zero-order valence-electron chi connectivity index (χ0n) is 12.6. The predicted octanol–water partition coefficient (Wildman–Crippen LogP) is 3.38. The number of imidazole rings is 1. The molecule has 1 N–H and O–H groups in total. The maximum atomic E-state index is 12.2. The first-order chi connectivity index (χ1) is 10.7. The first-order valence-corrected chi connectivity index (χ1v) is 8.23. The lowest BCUT2D eigenvalue weighted by Crippen LogP contribution is -2.13. The van der Waals surface area contributed by atoms with Gasteiger partial charge in [0.1, 0.15) is 5.82 Å². The maximum absolute atomic E-state index is 12.2. The van der Waals surface area contributed by atoms with Gasteiger partial charge < -0.3 is 9.55 Å². The smallest absolute Gasteiger partial charge is 0.258 e. The number of rotatable bonds is 5. The summed E-state index contributed by atoms with van der Waals surface area (Å²) in [5.41, 5.74) is 0.635. The Morgan fingerprint density at radius 1 is 1.36 bits per heavy atom. The summed E-state index contributed by atoms with van der Waals surface area (Å²) in [5.74, 6) is 0.680. The van der Waals surface area contributed by atoms with Crippen LogP contribution in [0.2, 0.25) is 0 Å². The quantitative estimate of drug-likeness (QED) is 0.733. The number of hydrogen-bond acceptors (Lipinski definition) is 4. The normalized spacial score (nSPS) is 12.6. The molecule has 3 aromatic rings. The third-order valence-electron chi connectivity index (χ3n) is 3.44. The van der Waals surface area contributed by atoms with Crippen LogP contribution in [0.5, 0.6) is 0 Å². The number of nitrogens with zero attached hydrogens (tertiary/aromatic N) is 3. The monoisotopic (exact) mass is 314 g/mol. The summed E-state index contributed by atoms with van der Waals surface area (Å²) in [7, 11) is 0. The molecule has 2 heterocycles. The van der Waals surface area contributed by atoms with Gasteiger partial charge in [0.25, 0.3) is 5.56 Å². The molecule has 3 rings (SSSR count). The van der Waals surface area contributed by atoms with Crippen LogP contribution in [-0.2, 0) is 6.54 Å². The molecule has 22 heavy (non-hydrogen) atoms. The largest absolute Gasteiger partial charge is 0.326 e. The van der Waals surface area contributed by atoms with Gasteiger partial charge in [-0.1, -0.05) is 30.8 Å². The fourth-order valence-corrected chi connectivity index (χ4v) is 3.28. The number of aryl methyl sites for hydroxylation is 1. The van der Waals surface area contributed by atoms with Gasteiger partial charge in [-0.2, -0.15) is 0 Å². The summed E-state index contributed by atoms with van der Waals surface area (Å²) in [4.78, 5) is 24.0. The summed E-state index contributed by atoms with van der Waals surface area (Å²) in [5, 5.41) is 1.59. The number of para-hydroxylation sites is 1. The Kier molecular flexibility index (Phi) is 4.29. The second kappa shape index (κ2) is 6.36. The van der Waals surface area contributed by atoms with Crippen molar-refractivity contribution < 1.29 is 0 Å². The molecular weight excluding hydrogens is 296 g/mol. The first kappa shape index (κ1) is 14.8. The SMILES string of the molecule is CCCn1ccnc1SC(C)c1nc2ccccc2c(=O)[nH]1. The van der Waals surface area contributed by atoms with E-state index < -0.39 is 0 Å². The third-order valence-corrected chi connectivity index (χ3v) is 4.57. The van der Waals surface area contributed by atoms with Crippen molar-refractivity contribution in [3.05, 3.63) is 52.8 Å². The highest BCUT2D eigenvalue weighted by molar-refractivity contribution is 7.99. The van der Waals surface area contributed by atoms with E-state index >= 15 is 0 Å². The number of H-pyrrole nitrogens is 1. The minimum Gasteiger partial charge on any atom is -0.326 e. The third kappa shape index (κ3) is 2.92. The van der Waals surface area contributed by atoms with Crippen LogP contribution >= 0.6 is 11.8 Å². The predicted molar refractivity (Wildman–Crippen MR) is 89.2 cm³/mol. The molecule has 0 aliphatic heterocycles. The molecule has 114 valence electrons. The van der Waals surface area contributed by atoms with Crippen molar-refractivity contribution in [1.29, 1.82) is 0 Å². The van der Waals surface area contributed by atoms with Crippen LogP contribution in [0, 0.1) is 0 Å². The topological polar surface area (TPSA) is 63.6 Å². The van der Waals surface area contributed by atoms with Gasteiger partial charge in [0.15, 0.2) is 5.16 Å². The van der Waals surface area contributed by atoms with Crippen LogP contribution in [0.3, 0.4) is 0 Å². The van der Waals surface area contributed by atoms with Gasteiger partial charge in [-0.25, -0.2) is 9.97 Å². The van der Waals surface area contributed by atoms with Crippen LogP contribution in [0.15, 0.2) is 46.6 Å². The molecule has 0 amide bonds. The number of aromatic amines is 1. The highest BCUT2D eigenvalue weighted by Crippen LogP contribution is 2.32. The molecule has 0 spiro atoms. The van der Waals surface area contributed by atoms with Crippen LogP contribution in [0.4, 0.5) is 0 Å². The summed E-state index contributed by atoms with van der Waals surface area (Å²) in [6.45, 7) is 5.11. The van der Waals surface area contributed by atoms with Crippen molar-refractivity contribution in [2.45, 2.75) is 37.2 Å². The van der Waals surface area contributed by atoms with E-state index in [1.165, 1.54) is 0 Å². The maximum Gasteiger partial charge on any atom is 0.258 e. The van der Waals surface area contributed by atoms with Gasteiger partial charge in [0, 0.05) is 18.9 Å². The molecule has 2 aromatic heterocycles. The molecule has 1 atom stereocenters. The summed E-state index contributed by atoms with van der Waals surface area (Å²) in [6.07, 6.45) is 4.85. The Balaban J connectivity index is 1.90. The molecule has 0 saturated heterocycles. The lowest BCUT2D eigenvalue weighted by molar-refractivity contribution is 0.619. The van der Waals surface area contributed by atoms with Gasteiger partial charge >= 0.3 is 0 Å². The van der Waals surface area contributed by atoms with E-state index in [9.17, 15) is 4.79 Å². The van der Waals surface area contributed by atoms with E-state index in [0.717, 1.165) is 23.6 Å². The molecule has 0 aliphatic rings. The van der Waals surface area contributed by atoms with Crippen molar-refractivity contribution in [1.82, 2.24) is 19.5 Å². The Bertz CT molecular complexity index is 839. The van der Waals surface area contributed by atoms with Gasteiger partial charge in [0.05, 0.1) is 16.2 Å². The molecule has 0 aliphatic carbocycles. The molecule has 1 aromatic carbocycles. The standard InChI is InChI=1S/C16H18N4OS/c1-3-9-20-10-8-17-16(20)22-11(2)14-18-13-7-5-4-6-12(13)15(21)19-14/h4-8,10-11H,3,9H2,1-2H3,(H,18,19,21). The van der Waals surface area contributed by atoms with Crippen molar-refractivity contribution in [3.63, 3.8) is 0 Å². The average Bonchev–Trinajstić information content (AvgIpc) is 2.95. The van der Waals surface area contributed by atoms with Crippen LogP contribution in [0.25, 0.3) is 10.9 Å². The lowest BCUT2D eigenvalue weighted by atomic mass is 10.2. The average molecular weight is 314 g/mol. The number of hydrogen-bond donors (Lipinski definition) is 1. The molecule has 0 fully saturated rings. The van der Waals surface area contributed by atoms with Crippen LogP contribution < -0.4 is 5.56 Å². The Morgan fingerprint density at radius 3 is 3.00 bits per heavy atom. The van der Waals surface area contributed by atoms with Crippen molar-refractivity contribution in [2.24, 2.45) is 0 Å². The lowest BCUT2D eigenvalue weighted by Gasteiger charge is -2.12. The minimum absolute atomic E-state index is 0.0234. The van der Waals surface area contributed by atoms with Crippen LogP contribution in [-0.4, -0.2) is 19.5 Å². The zero-order valence-corrected chi connectivity index (χ0v) is 13.4. The van der Waals surface area contributed by atoms with Gasteiger partial charge in [-0.15, -0.1) is 0 Å². The number of thioether (sulfide) groups is 1. The fourth-order valence-electron chi connectivity index (χ4n) is 2.34. The molecule has 6 heteroatoms. The second-order valence-electron chi connectivity index (χ2n) is 5.13. The number of fused-ring (bicyclic) bond motifs is 1. The molecule has 1 unspecified atom stereocenters. The van der Waals surface area contributed by atoms with Gasteiger partial charge in [-0.05, 0) is 25.5 Å². The van der Waals surface area contributed by atoms with Crippen LogP contribution in [0.1, 0.15) is 31.3 Å². The van der Waals surface area contributed by atoms with Crippen molar-refractivity contribution >= 4 is 22.7 Å². The van der Waals surface area contributed by atoms with Crippen molar-refractivity contribution in [2.75, 3.05) is 0 Å². The first-order valence-electron chi connectivity index (χ1n) is 7.35. The molecule has 0 saturated carbocycles. The molecule has 0 bridgehead atoms. The van der Waals surface area contributed by atoms with E-state index in [-0.39, 0.29) is 10.8 Å². The minimum atomic E-state index is -0.0926. The Morgan fingerprint density at radius 2 is 2.18 bits per heavy atom. The molecular formula is C16H18N4OS. The van der Waals surface area contributed by atoms with Crippen molar-refractivity contribution in [3.8, 4) is 0 Å². The Hall–Kier alpha value is -2.08. The highest BCUT2D eigenvalue weighted by Gasteiger charge is 2.15. The van der Waals surface area contributed by atoms with E-state index in [2.05, 4.69) is 26.4 Å². The summed E-state index contributed by atoms with van der Waals surface area (Å²) >= 11 is 1.61. The van der Waals surface area contributed by atoms with Gasteiger partial charge in [0.2, 0.25) is 0 Å². The summed E-state index contributed by atoms with van der Waals surface area (Å²) in [6, 6.07) is 7.39. The number of aromatic nitrogens is 4. The second-order valence-corrected chi connectivity index (χ2v) is 6.44. The molecule has 0 radical (unpaired) electrons. The number of nitrogens with one attached hydrogen (secondary N) is 1. The fraction of sp³-hybridized carbons (Fsp3) is 0.312. The zero-order chi connectivity index (χ0) is 15.5. The van der Waals surface area contributed by atoms with E-state index in [1.807, 2.05) is 31.3 Å². The number of benzene rings is 1. The Labute approximate surface area is 132 Å².